The van der Waals surface area contributed by atoms with Gasteiger partial charge in [-0.1, -0.05) is 11.3 Å². The second-order valence-electron chi connectivity index (χ2n) is 1.68. The molecule has 0 radical (unpaired) electrons. The Hall–Kier alpha value is -1.10. The summed E-state index contributed by atoms with van der Waals surface area (Å²) in [4.78, 5) is 11.0. The fourth-order valence-corrected chi connectivity index (χ4v) is 1.28. The molecule has 0 aliphatic heterocycles. The molecule has 2 rings (SSSR count). The van der Waals surface area contributed by atoms with Gasteiger partial charge < -0.3 is 0 Å². The number of thiazole rings is 1. The van der Waals surface area contributed by atoms with Crippen LogP contribution in [0.3, 0.4) is 0 Å². The molecule has 0 atom stereocenters. The van der Waals surface area contributed by atoms with Crippen LogP contribution in [0.5, 0.6) is 0 Å². The highest BCUT2D eigenvalue weighted by Gasteiger charge is 2.01. The highest BCUT2D eigenvalue weighted by atomic mass is 32.1. The summed E-state index contributed by atoms with van der Waals surface area (Å²) < 4.78 is 13.0. The topological polar surface area (TPSA) is 38.7 Å². The van der Waals surface area contributed by atoms with E-state index in [2.05, 4.69) is 15.0 Å². The maximum absolute atomic E-state index is 12.4. The molecule has 5 heteroatoms. The monoisotopic (exact) mass is 155 g/mol. The van der Waals surface area contributed by atoms with Gasteiger partial charge in [-0.2, -0.15) is 9.37 Å². The van der Waals surface area contributed by atoms with Crippen molar-refractivity contribution in [2.45, 2.75) is 0 Å². The highest BCUT2D eigenvalue weighted by molar-refractivity contribution is 7.16. The summed E-state index contributed by atoms with van der Waals surface area (Å²) in [6, 6.07) is 0. The van der Waals surface area contributed by atoms with Gasteiger partial charge in [-0.3, -0.25) is 0 Å². The van der Waals surface area contributed by atoms with E-state index in [9.17, 15) is 4.39 Å². The molecule has 50 valence electrons. The van der Waals surface area contributed by atoms with Gasteiger partial charge in [0, 0.05) is 6.20 Å². The number of nitrogens with zero attached hydrogens (tertiary/aromatic N) is 3. The van der Waals surface area contributed by atoms with Crippen LogP contribution in [0.2, 0.25) is 0 Å². The number of aromatic nitrogens is 3. The smallest absolute Gasteiger partial charge is 0.243 e. The van der Waals surface area contributed by atoms with E-state index in [1.165, 1.54) is 6.33 Å². The minimum absolute atomic E-state index is 0.428. The molecular weight excluding hydrogens is 153 g/mol. The van der Waals surface area contributed by atoms with Gasteiger partial charge in [-0.25, -0.2) is 9.97 Å². The second kappa shape index (κ2) is 1.95. The molecule has 3 nitrogen and oxygen atoms in total. The van der Waals surface area contributed by atoms with Crippen LogP contribution >= 0.6 is 11.3 Å². The van der Waals surface area contributed by atoms with E-state index in [1.54, 1.807) is 6.20 Å². The van der Waals surface area contributed by atoms with Crippen molar-refractivity contribution < 1.29 is 4.39 Å². The molecule has 0 bridgehead atoms. The molecule has 0 unspecified atom stereocenters. The number of rotatable bonds is 0. The van der Waals surface area contributed by atoms with Gasteiger partial charge >= 0.3 is 0 Å². The molecule has 0 aromatic carbocycles. The van der Waals surface area contributed by atoms with E-state index in [0.29, 0.717) is 10.3 Å². The number of fused-ring (bicyclic) bond motifs is 1. The van der Waals surface area contributed by atoms with Gasteiger partial charge in [0.25, 0.3) is 5.26 Å². The van der Waals surface area contributed by atoms with Gasteiger partial charge in [-0.05, 0) is 0 Å². The summed E-state index contributed by atoms with van der Waals surface area (Å²) >= 11 is 0.949. The lowest BCUT2D eigenvalue weighted by atomic mass is 10.6. The Kier molecular flexibility index (Phi) is 1.10. The van der Waals surface area contributed by atoms with E-state index in [1.807, 2.05) is 0 Å². The fraction of sp³-hybridized carbons (Fsp3) is 0. The predicted molar refractivity (Wildman–Crippen MR) is 35.2 cm³/mol. The molecule has 0 saturated heterocycles. The van der Waals surface area contributed by atoms with E-state index in [4.69, 9.17) is 0 Å². The average molecular weight is 155 g/mol. The standard InChI is InChI=1S/C5H2FN3S/c6-5-9-4-3(10-5)1-7-2-8-4/h1-2H. The zero-order chi connectivity index (χ0) is 6.97. The molecule has 2 aromatic heterocycles. The molecule has 2 aromatic rings. The first-order valence-electron chi connectivity index (χ1n) is 2.58. The van der Waals surface area contributed by atoms with Crippen molar-refractivity contribution in [3.05, 3.63) is 17.8 Å². The molecule has 2 heterocycles. The third-order valence-corrected chi connectivity index (χ3v) is 1.81. The number of halogens is 1. The van der Waals surface area contributed by atoms with Crippen molar-refractivity contribution in [3.8, 4) is 0 Å². The number of hydrogen-bond acceptors (Lipinski definition) is 4. The molecular formula is C5H2FN3S. The Bertz CT molecular complexity index is 325. The van der Waals surface area contributed by atoms with Gasteiger partial charge in [0.15, 0.2) is 5.65 Å². The van der Waals surface area contributed by atoms with Gasteiger partial charge in [0.05, 0.1) is 4.70 Å². The van der Waals surface area contributed by atoms with E-state index < -0.39 is 5.26 Å². The maximum atomic E-state index is 12.4. The van der Waals surface area contributed by atoms with Crippen LogP contribution in [0, 0.1) is 5.26 Å². The van der Waals surface area contributed by atoms with Crippen molar-refractivity contribution in [2.75, 3.05) is 0 Å². The van der Waals surface area contributed by atoms with Crippen LogP contribution in [0.4, 0.5) is 4.39 Å². The van der Waals surface area contributed by atoms with E-state index in [-0.39, 0.29) is 0 Å². The largest absolute Gasteiger partial charge is 0.271 e. The van der Waals surface area contributed by atoms with Crippen LogP contribution in [0.1, 0.15) is 0 Å². The quantitative estimate of drug-likeness (QED) is 0.574. The lowest BCUT2D eigenvalue weighted by Gasteiger charge is -1.78. The molecule has 0 spiro atoms. The third-order valence-electron chi connectivity index (χ3n) is 1.05. The Morgan fingerprint density at radius 3 is 3.20 bits per heavy atom. The van der Waals surface area contributed by atoms with Gasteiger partial charge in [0.1, 0.15) is 6.33 Å². The molecule has 0 aliphatic rings. The Labute approximate surface area is 59.6 Å². The van der Waals surface area contributed by atoms with E-state index in [0.717, 1.165) is 11.3 Å². The maximum Gasteiger partial charge on any atom is 0.271 e. The summed E-state index contributed by atoms with van der Waals surface area (Å²) in [5, 5.41) is -0.462. The lowest BCUT2D eigenvalue weighted by molar-refractivity contribution is 0.619. The fourth-order valence-electron chi connectivity index (χ4n) is 0.663. The molecule has 0 fully saturated rings. The van der Waals surface area contributed by atoms with Crippen LogP contribution in [-0.2, 0) is 0 Å². The lowest BCUT2D eigenvalue weighted by Crippen LogP contribution is -1.76. The van der Waals surface area contributed by atoms with Crippen molar-refractivity contribution in [1.82, 2.24) is 15.0 Å². The predicted octanol–water partition coefficient (Wildman–Crippen LogP) is 1.23. The first-order valence-corrected chi connectivity index (χ1v) is 3.40. The van der Waals surface area contributed by atoms with Gasteiger partial charge in [-0.15, -0.1) is 0 Å². The number of hydrogen-bond donors (Lipinski definition) is 0. The zero-order valence-electron chi connectivity index (χ0n) is 4.78. The van der Waals surface area contributed by atoms with Crippen LogP contribution in [-0.4, -0.2) is 15.0 Å². The minimum Gasteiger partial charge on any atom is -0.243 e. The van der Waals surface area contributed by atoms with Crippen molar-refractivity contribution in [3.63, 3.8) is 0 Å². The second-order valence-corrected chi connectivity index (χ2v) is 2.66. The van der Waals surface area contributed by atoms with Crippen LogP contribution in [0.25, 0.3) is 10.3 Å². The Morgan fingerprint density at radius 2 is 2.40 bits per heavy atom. The molecule has 0 aliphatic carbocycles. The van der Waals surface area contributed by atoms with Crippen molar-refractivity contribution >= 4 is 21.7 Å². The zero-order valence-corrected chi connectivity index (χ0v) is 5.60. The highest BCUT2D eigenvalue weighted by Crippen LogP contribution is 2.16. The minimum atomic E-state index is -0.462. The van der Waals surface area contributed by atoms with Crippen LogP contribution in [0.15, 0.2) is 12.5 Å². The summed E-state index contributed by atoms with van der Waals surface area (Å²) in [5.74, 6) is 0. The summed E-state index contributed by atoms with van der Waals surface area (Å²) in [6.07, 6.45) is 2.89. The van der Waals surface area contributed by atoms with Gasteiger partial charge in [0.2, 0.25) is 0 Å². The Morgan fingerprint density at radius 1 is 1.50 bits per heavy atom. The first kappa shape index (κ1) is 5.67. The molecule has 0 saturated carbocycles. The summed E-state index contributed by atoms with van der Waals surface area (Å²) in [6.45, 7) is 0. The normalized spacial score (nSPS) is 10.5. The third kappa shape index (κ3) is 0.750. The summed E-state index contributed by atoms with van der Waals surface area (Å²) in [7, 11) is 0. The molecule has 10 heavy (non-hydrogen) atoms. The SMILES string of the molecule is Fc1nc2ncncc2s1. The summed E-state index contributed by atoms with van der Waals surface area (Å²) in [5.41, 5.74) is 0.428. The van der Waals surface area contributed by atoms with Crippen molar-refractivity contribution in [2.24, 2.45) is 0 Å². The average Bonchev–Trinajstić information content (AvgIpc) is 2.27. The Balaban J connectivity index is 2.88. The molecule has 0 N–H and O–H groups in total. The molecule has 0 amide bonds. The van der Waals surface area contributed by atoms with Crippen LogP contribution < -0.4 is 0 Å². The van der Waals surface area contributed by atoms with Crippen molar-refractivity contribution in [1.29, 1.82) is 0 Å². The van der Waals surface area contributed by atoms with E-state index >= 15 is 0 Å². The first-order chi connectivity index (χ1) is 4.86.